The molecule has 0 unspecified atom stereocenters. The number of hydrogen-bond acceptors (Lipinski definition) is 5. The van der Waals surface area contributed by atoms with E-state index in [0.717, 1.165) is 53.8 Å². The molecule has 1 N–H and O–H groups in total. The largest absolute Gasteiger partial charge is 0.317 e. The first-order valence-electron chi connectivity index (χ1n) is 9.03. The molecule has 8 heteroatoms. The number of aromatic nitrogens is 3. The predicted molar refractivity (Wildman–Crippen MR) is 107 cm³/mol. The molecule has 2 heterocycles. The van der Waals surface area contributed by atoms with Gasteiger partial charge in [-0.25, -0.2) is 9.69 Å². The van der Waals surface area contributed by atoms with Gasteiger partial charge in [-0.2, -0.15) is 0 Å². The van der Waals surface area contributed by atoms with Crippen molar-refractivity contribution in [2.24, 2.45) is 15.5 Å². The second-order valence-electron chi connectivity index (χ2n) is 6.61. The fourth-order valence-electron chi connectivity index (χ4n) is 3.45. The number of hydrogen-bond donors (Lipinski definition) is 1. The lowest BCUT2D eigenvalue weighted by atomic mass is 10.0. The topological polar surface area (TPSA) is 83.1 Å². The Bertz CT molecular complexity index is 954. The van der Waals surface area contributed by atoms with Crippen LogP contribution in [0.25, 0.3) is 22.2 Å². The Morgan fingerprint density at radius 1 is 1.11 bits per heavy atom. The van der Waals surface area contributed by atoms with Gasteiger partial charge in [0, 0.05) is 13.8 Å². The van der Waals surface area contributed by atoms with Gasteiger partial charge in [0.2, 0.25) is 0 Å². The summed E-state index contributed by atoms with van der Waals surface area (Å²) in [7, 11) is 1.81. The van der Waals surface area contributed by atoms with Crippen molar-refractivity contribution in [3.8, 4) is 11.1 Å². The Labute approximate surface area is 157 Å². The highest BCUT2D eigenvalue weighted by atomic mass is 15.6. The minimum Gasteiger partial charge on any atom is -0.317 e. The summed E-state index contributed by atoms with van der Waals surface area (Å²) in [5, 5.41) is 24.7. The summed E-state index contributed by atoms with van der Waals surface area (Å²) < 4.78 is 2.08. The van der Waals surface area contributed by atoms with E-state index in [9.17, 15) is 0 Å². The molecule has 0 amide bonds. The van der Waals surface area contributed by atoms with Crippen LogP contribution in [-0.4, -0.2) is 41.8 Å². The van der Waals surface area contributed by atoms with Crippen LogP contribution in [0.4, 0.5) is 5.69 Å². The summed E-state index contributed by atoms with van der Waals surface area (Å²) in [6, 6.07) is 14.9. The Morgan fingerprint density at radius 2 is 1.85 bits per heavy atom. The molecule has 27 heavy (non-hydrogen) atoms. The van der Waals surface area contributed by atoms with E-state index in [1.165, 1.54) is 0 Å². The molecule has 0 saturated carbocycles. The summed E-state index contributed by atoms with van der Waals surface area (Å²) in [6.45, 7) is 5.35. The Kier molecular flexibility index (Phi) is 4.88. The zero-order chi connectivity index (χ0) is 18.6. The highest BCUT2D eigenvalue weighted by Crippen LogP contribution is 2.28. The summed E-state index contributed by atoms with van der Waals surface area (Å²) in [5.74, 6) is 0. The molecule has 1 aliphatic rings. The Balaban J connectivity index is 1.59. The second-order valence-corrected chi connectivity index (χ2v) is 6.61. The maximum absolute atomic E-state index is 4.42. The molecule has 0 spiro atoms. The lowest BCUT2D eigenvalue weighted by Crippen LogP contribution is -2.29. The maximum Gasteiger partial charge on any atom is 0.113 e. The molecule has 0 bridgehead atoms. The maximum atomic E-state index is 4.42. The summed E-state index contributed by atoms with van der Waals surface area (Å²) >= 11 is 0. The molecule has 138 valence electrons. The second kappa shape index (κ2) is 7.63. The van der Waals surface area contributed by atoms with Crippen LogP contribution >= 0.6 is 0 Å². The first-order valence-corrected chi connectivity index (χ1v) is 9.03. The third-order valence-electron chi connectivity index (χ3n) is 4.94. The fourth-order valence-corrected chi connectivity index (χ4v) is 3.45. The molecule has 8 nitrogen and oxygen atoms in total. The number of fused-ring (bicyclic) bond motifs is 1. The van der Waals surface area contributed by atoms with Gasteiger partial charge in [0.15, 0.2) is 0 Å². The number of anilines is 1. The molecule has 0 radical (unpaired) electrons. The minimum absolute atomic E-state index is 0.427. The van der Waals surface area contributed by atoms with Gasteiger partial charge in [-0.05, 0) is 71.8 Å². The Hall–Kier alpha value is -3.13. The lowest BCUT2D eigenvalue weighted by molar-refractivity contribution is 0.345. The first-order chi connectivity index (χ1) is 13.3. The van der Waals surface area contributed by atoms with E-state index in [1.807, 2.05) is 19.2 Å². The molecular formula is C19H22N8. The third kappa shape index (κ3) is 3.56. The van der Waals surface area contributed by atoms with Crippen molar-refractivity contribution >= 4 is 23.4 Å². The molecule has 1 fully saturated rings. The predicted octanol–water partition coefficient (Wildman–Crippen LogP) is 3.44. The number of rotatable bonds is 5. The van der Waals surface area contributed by atoms with Gasteiger partial charge in [0.05, 0.1) is 17.2 Å². The molecular weight excluding hydrogens is 340 g/mol. The summed E-state index contributed by atoms with van der Waals surface area (Å²) in [6.07, 6.45) is 2.18. The van der Waals surface area contributed by atoms with Crippen molar-refractivity contribution in [3.05, 3.63) is 42.5 Å². The highest BCUT2D eigenvalue weighted by Gasteiger charge is 2.18. The molecule has 0 atom stereocenters. The van der Waals surface area contributed by atoms with E-state index in [4.69, 9.17) is 0 Å². The van der Waals surface area contributed by atoms with Crippen molar-refractivity contribution < 1.29 is 0 Å². The quantitative estimate of drug-likeness (QED) is 0.428. The summed E-state index contributed by atoms with van der Waals surface area (Å²) in [5.41, 5.74) is 5.18. The van der Waals surface area contributed by atoms with E-state index < -0.39 is 0 Å². The van der Waals surface area contributed by atoms with Crippen molar-refractivity contribution in [1.29, 1.82) is 0 Å². The van der Waals surface area contributed by atoms with E-state index in [1.54, 1.807) is 5.01 Å². The molecule has 1 aromatic heterocycles. The van der Waals surface area contributed by atoms with Gasteiger partial charge < -0.3 is 5.32 Å². The zero-order valence-electron chi connectivity index (χ0n) is 15.3. The van der Waals surface area contributed by atoms with Crippen LogP contribution in [0.5, 0.6) is 0 Å². The van der Waals surface area contributed by atoms with Crippen LogP contribution in [0.1, 0.15) is 18.9 Å². The highest BCUT2D eigenvalue weighted by molar-refractivity contribution is 5.81. The van der Waals surface area contributed by atoms with E-state index >= 15 is 0 Å². The molecule has 3 aromatic rings. The van der Waals surface area contributed by atoms with Gasteiger partial charge in [-0.3, -0.25) is 0 Å². The van der Waals surface area contributed by atoms with Crippen molar-refractivity contribution in [1.82, 2.24) is 20.3 Å². The lowest BCUT2D eigenvalue weighted by Gasteiger charge is -2.22. The van der Waals surface area contributed by atoms with Crippen LogP contribution in [0.3, 0.4) is 0 Å². The average Bonchev–Trinajstić information content (AvgIpc) is 3.16. The number of piperidine rings is 1. The molecule has 0 aliphatic carbocycles. The van der Waals surface area contributed by atoms with Crippen molar-refractivity contribution in [2.45, 2.75) is 18.9 Å². The van der Waals surface area contributed by atoms with Crippen LogP contribution < -0.4 is 10.3 Å². The minimum atomic E-state index is 0.427. The van der Waals surface area contributed by atoms with Gasteiger partial charge >= 0.3 is 0 Å². The van der Waals surface area contributed by atoms with Gasteiger partial charge in [-0.15, -0.1) is 10.2 Å². The van der Waals surface area contributed by atoms with Crippen LogP contribution in [0, 0.1) is 0 Å². The smallest absolute Gasteiger partial charge is 0.113 e. The van der Waals surface area contributed by atoms with E-state index in [0.29, 0.717) is 6.04 Å². The fraction of sp³-hybridized carbons (Fsp3) is 0.316. The van der Waals surface area contributed by atoms with E-state index in [2.05, 4.69) is 72.9 Å². The average molecular weight is 362 g/mol. The standard InChI is InChI=1S/C19H22N8/c1-20-23-25-26(2)16-6-3-14(4-7-16)15-5-8-19-18(13-15)22-24-27(19)17-9-11-21-12-10-17/h3-8,13,17,21H,1,9-12H2,2H3/b25-23-. The number of benzene rings is 2. The molecule has 1 saturated heterocycles. The van der Waals surface area contributed by atoms with Crippen molar-refractivity contribution in [2.75, 3.05) is 25.1 Å². The first kappa shape index (κ1) is 17.3. The third-order valence-corrected chi connectivity index (χ3v) is 4.94. The molecule has 2 aromatic carbocycles. The van der Waals surface area contributed by atoms with E-state index in [-0.39, 0.29) is 0 Å². The zero-order valence-corrected chi connectivity index (χ0v) is 15.3. The van der Waals surface area contributed by atoms with Crippen molar-refractivity contribution in [3.63, 3.8) is 0 Å². The van der Waals surface area contributed by atoms with Gasteiger partial charge in [0.25, 0.3) is 0 Å². The Morgan fingerprint density at radius 3 is 2.59 bits per heavy atom. The van der Waals surface area contributed by atoms with Crippen LogP contribution in [-0.2, 0) is 0 Å². The van der Waals surface area contributed by atoms with Gasteiger partial charge in [-0.1, -0.05) is 23.4 Å². The molecule has 1 aliphatic heterocycles. The summed E-state index contributed by atoms with van der Waals surface area (Å²) in [4.78, 5) is 0. The monoisotopic (exact) mass is 362 g/mol. The molecule has 4 rings (SSSR count). The van der Waals surface area contributed by atoms with Gasteiger partial charge in [0.1, 0.15) is 5.52 Å². The normalized spacial score (nSPS) is 15.4. The van der Waals surface area contributed by atoms with Crippen LogP contribution in [0.2, 0.25) is 0 Å². The number of nitrogens with one attached hydrogen (secondary N) is 1. The van der Waals surface area contributed by atoms with Crippen LogP contribution in [0.15, 0.2) is 58.0 Å². The number of nitrogens with zero attached hydrogens (tertiary/aromatic N) is 7. The SMILES string of the molecule is C=N/N=N\N(C)c1ccc(-c2ccc3c(c2)nnn3C2CCNCC2)cc1.